The highest BCUT2D eigenvalue weighted by molar-refractivity contribution is 7.89. The van der Waals surface area contributed by atoms with E-state index in [1.807, 2.05) is 24.3 Å². The molecule has 0 atom stereocenters. The van der Waals surface area contributed by atoms with Gasteiger partial charge in [-0.05, 0) is 55.7 Å². The number of piperidine rings is 1. The van der Waals surface area contributed by atoms with Crippen LogP contribution in [0.25, 0.3) is 0 Å². The molecule has 0 unspecified atom stereocenters. The first-order valence-corrected chi connectivity index (χ1v) is 10.5. The van der Waals surface area contributed by atoms with Crippen LogP contribution >= 0.6 is 0 Å². The molecule has 1 aliphatic heterocycles. The number of rotatable bonds is 5. The van der Waals surface area contributed by atoms with Crippen molar-refractivity contribution in [2.75, 3.05) is 37.4 Å². The highest BCUT2D eigenvalue weighted by Crippen LogP contribution is 2.23. The largest absolute Gasteiger partial charge is 0.371 e. The molecule has 27 heavy (non-hydrogen) atoms. The highest BCUT2D eigenvalue weighted by atomic mass is 32.2. The number of benzene rings is 2. The fraction of sp³-hybridized carbons (Fsp3) is 0.350. The summed E-state index contributed by atoms with van der Waals surface area (Å²) in [4.78, 5) is 15.0. The molecule has 7 heteroatoms. The smallest absolute Gasteiger partial charge is 0.255 e. The Bertz CT molecular complexity index is 920. The standard InChI is InChI=1S/C20H25N3O3S/c1-22(2)27(25,26)19-11-6-8-16(14-19)20(24)21-17-9-7-10-18(15-17)23-12-4-3-5-13-23/h6-11,14-15H,3-5,12-13H2,1-2H3,(H,21,24). The van der Waals surface area contributed by atoms with Crippen molar-refractivity contribution < 1.29 is 13.2 Å². The van der Waals surface area contributed by atoms with Gasteiger partial charge in [0.2, 0.25) is 10.0 Å². The summed E-state index contributed by atoms with van der Waals surface area (Å²) in [6.45, 7) is 2.06. The van der Waals surface area contributed by atoms with Gasteiger partial charge in [0.05, 0.1) is 4.90 Å². The summed E-state index contributed by atoms with van der Waals surface area (Å²) in [7, 11) is -0.647. The molecular weight excluding hydrogens is 362 g/mol. The number of hydrogen-bond acceptors (Lipinski definition) is 4. The summed E-state index contributed by atoms with van der Waals surface area (Å²) in [6.07, 6.45) is 3.63. The SMILES string of the molecule is CN(C)S(=O)(=O)c1cccc(C(=O)Nc2cccc(N3CCCCC3)c2)c1. The minimum Gasteiger partial charge on any atom is -0.371 e. The fourth-order valence-corrected chi connectivity index (χ4v) is 4.09. The van der Waals surface area contributed by atoms with E-state index in [1.54, 1.807) is 12.1 Å². The van der Waals surface area contributed by atoms with Gasteiger partial charge in [-0.15, -0.1) is 0 Å². The maximum Gasteiger partial charge on any atom is 0.255 e. The molecule has 0 saturated carbocycles. The predicted octanol–water partition coefficient (Wildman–Crippen LogP) is 3.18. The Balaban J connectivity index is 1.78. The topological polar surface area (TPSA) is 69.7 Å². The zero-order valence-corrected chi connectivity index (χ0v) is 16.5. The summed E-state index contributed by atoms with van der Waals surface area (Å²) < 4.78 is 25.7. The van der Waals surface area contributed by atoms with Crippen LogP contribution in [-0.2, 0) is 10.0 Å². The summed E-state index contributed by atoms with van der Waals surface area (Å²) in [5.74, 6) is -0.332. The van der Waals surface area contributed by atoms with Gasteiger partial charge in [0.1, 0.15) is 0 Å². The van der Waals surface area contributed by atoms with Crippen LogP contribution in [0.1, 0.15) is 29.6 Å². The summed E-state index contributed by atoms with van der Waals surface area (Å²) in [5, 5.41) is 2.87. The molecule has 1 N–H and O–H groups in total. The van der Waals surface area contributed by atoms with Crippen LogP contribution in [0.15, 0.2) is 53.4 Å². The zero-order valence-electron chi connectivity index (χ0n) is 15.7. The Morgan fingerprint density at radius 1 is 1.00 bits per heavy atom. The number of amides is 1. The average Bonchev–Trinajstić information content (AvgIpc) is 2.69. The van der Waals surface area contributed by atoms with Gasteiger partial charge in [-0.2, -0.15) is 0 Å². The van der Waals surface area contributed by atoms with E-state index in [0.29, 0.717) is 11.3 Å². The molecule has 0 bridgehead atoms. The average molecular weight is 388 g/mol. The lowest BCUT2D eigenvalue weighted by molar-refractivity contribution is 0.102. The Hall–Kier alpha value is -2.38. The maximum atomic E-state index is 12.6. The van der Waals surface area contributed by atoms with Crippen molar-refractivity contribution in [3.05, 3.63) is 54.1 Å². The molecule has 1 heterocycles. The molecule has 1 amide bonds. The second-order valence-electron chi connectivity index (χ2n) is 6.87. The van der Waals surface area contributed by atoms with E-state index in [-0.39, 0.29) is 10.8 Å². The molecule has 1 aliphatic rings. The van der Waals surface area contributed by atoms with Crippen LogP contribution in [0.2, 0.25) is 0 Å². The van der Waals surface area contributed by atoms with Crippen LogP contribution < -0.4 is 10.2 Å². The van der Waals surface area contributed by atoms with E-state index < -0.39 is 10.0 Å². The molecule has 1 saturated heterocycles. The number of carbonyl (C=O) groups excluding carboxylic acids is 1. The Labute approximate surface area is 160 Å². The lowest BCUT2D eigenvalue weighted by Crippen LogP contribution is -2.29. The minimum atomic E-state index is -3.58. The molecule has 0 radical (unpaired) electrons. The molecule has 0 aromatic heterocycles. The maximum absolute atomic E-state index is 12.6. The first kappa shape index (κ1) is 19.4. The summed E-state index contributed by atoms with van der Waals surface area (Å²) in [5.41, 5.74) is 2.10. The lowest BCUT2D eigenvalue weighted by atomic mass is 10.1. The van der Waals surface area contributed by atoms with Crippen molar-refractivity contribution >= 4 is 27.3 Å². The number of nitrogens with zero attached hydrogens (tertiary/aromatic N) is 2. The third-order valence-corrected chi connectivity index (χ3v) is 6.51. The molecule has 2 aromatic rings. The van der Waals surface area contributed by atoms with Crippen molar-refractivity contribution in [3.8, 4) is 0 Å². The molecule has 144 valence electrons. The predicted molar refractivity (Wildman–Crippen MR) is 108 cm³/mol. The Morgan fingerprint density at radius 3 is 2.41 bits per heavy atom. The second kappa shape index (κ2) is 8.10. The van der Waals surface area contributed by atoms with Crippen LogP contribution in [0.3, 0.4) is 0 Å². The number of hydrogen-bond donors (Lipinski definition) is 1. The quantitative estimate of drug-likeness (QED) is 0.855. The van der Waals surface area contributed by atoms with E-state index in [4.69, 9.17) is 0 Å². The van der Waals surface area contributed by atoms with E-state index in [9.17, 15) is 13.2 Å². The van der Waals surface area contributed by atoms with Gasteiger partial charge in [-0.1, -0.05) is 12.1 Å². The summed E-state index contributed by atoms with van der Waals surface area (Å²) >= 11 is 0. The van der Waals surface area contributed by atoms with Gasteiger partial charge in [0.25, 0.3) is 5.91 Å². The van der Waals surface area contributed by atoms with Crippen LogP contribution in [-0.4, -0.2) is 45.8 Å². The van der Waals surface area contributed by atoms with Gasteiger partial charge in [-0.25, -0.2) is 12.7 Å². The number of nitrogens with one attached hydrogen (secondary N) is 1. The second-order valence-corrected chi connectivity index (χ2v) is 9.02. The van der Waals surface area contributed by atoms with Gasteiger partial charge >= 0.3 is 0 Å². The monoisotopic (exact) mass is 387 g/mol. The number of sulfonamides is 1. The van der Waals surface area contributed by atoms with Gasteiger partial charge < -0.3 is 10.2 Å². The fourth-order valence-electron chi connectivity index (χ4n) is 3.14. The van der Waals surface area contributed by atoms with E-state index in [1.165, 1.54) is 45.5 Å². The Morgan fingerprint density at radius 2 is 1.70 bits per heavy atom. The van der Waals surface area contributed by atoms with Crippen LogP contribution in [0.5, 0.6) is 0 Å². The Kier molecular flexibility index (Phi) is 5.82. The van der Waals surface area contributed by atoms with E-state index in [2.05, 4.69) is 10.2 Å². The van der Waals surface area contributed by atoms with Crippen molar-refractivity contribution in [3.63, 3.8) is 0 Å². The van der Waals surface area contributed by atoms with Crippen molar-refractivity contribution in [1.29, 1.82) is 0 Å². The molecule has 3 rings (SSSR count). The highest BCUT2D eigenvalue weighted by Gasteiger charge is 2.19. The van der Waals surface area contributed by atoms with Gasteiger partial charge in [0.15, 0.2) is 0 Å². The molecule has 1 fully saturated rings. The van der Waals surface area contributed by atoms with E-state index >= 15 is 0 Å². The van der Waals surface area contributed by atoms with Crippen molar-refractivity contribution in [2.24, 2.45) is 0 Å². The normalized spacial score (nSPS) is 15.0. The molecule has 0 aliphatic carbocycles. The number of anilines is 2. The van der Waals surface area contributed by atoms with Crippen LogP contribution in [0, 0.1) is 0 Å². The molecular formula is C20H25N3O3S. The third kappa shape index (κ3) is 4.48. The first-order chi connectivity index (χ1) is 12.9. The number of carbonyl (C=O) groups is 1. The van der Waals surface area contributed by atoms with Crippen molar-refractivity contribution in [2.45, 2.75) is 24.2 Å². The summed E-state index contributed by atoms with van der Waals surface area (Å²) in [6, 6.07) is 13.9. The van der Waals surface area contributed by atoms with E-state index in [0.717, 1.165) is 23.1 Å². The van der Waals surface area contributed by atoms with Crippen molar-refractivity contribution in [1.82, 2.24) is 4.31 Å². The van der Waals surface area contributed by atoms with Crippen LogP contribution in [0.4, 0.5) is 11.4 Å². The third-order valence-electron chi connectivity index (χ3n) is 4.70. The lowest BCUT2D eigenvalue weighted by Gasteiger charge is -2.29. The molecule has 0 spiro atoms. The first-order valence-electron chi connectivity index (χ1n) is 9.07. The van der Waals surface area contributed by atoms with Gasteiger partial charge in [0, 0.05) is 44.1 Å². The minimum absolute atomic E-state index is 0.0993. The van der Waals surface area contributed by atoms with Gasteiger partial charge in [-0.3, -0.25) is 4.79 Å². The molecule has 2 aromatic carbocycles. The molecule has 6 nitrogen and oxygen atoms in total. The zero-order chi connectivity index (χ0) is 19.4.